The number of ketones is 1. The van der Waals surface area contributed by atoms with Crippen LogP contribution in [0.1, 0.15) is 41.9 Å². The van der Waals surface area contributed by atoms with Gasteiger partial charge in [0.05, 0.1) is 22.9 Å². The highest BCUT2D eigenvalue weighted by atomic mass is 32.2. The van der Waals surface area contributed by atoms with Crippen molar-refractivity contribution in [1.29, 1.82) is 0 Å². The van der Waals surface area contributed by atoms with E-state index in [1.807, 2.05) is 17.0 Å². The van der Waals surface area contributed by atoms with E-state index in [1.54, 1.807) is 18.4 Å². The summed E-state index contributed by atoms with van der Waals surface area (Å²) in [4.78, 5) is 14.0. The summed E-state index contributed by atoms with van der Waals surface area (Å²) in [6.45, 7) is 2.21. The maximum atomic E-state index is 12.1. The second-order valence-corrected chi connectivity index (χ2v) is 7.86. The Labute approximate surface area is 135 Å². The fourth-order valence-electron chi connectivity index (χ4n) is 3.11. The van der Waals surface area contributed by atoms with Crippen LogP contribution < -0.4 is 4.90 Å². The van der Waals surface area contributed by atoms with Crippen molar-refractivity contribution in [3.8, 4) is 0 Å². The summed E-state index contributed by atoms with van der Waals surface area (Å²) in [5.41, 5.74) is 1.09. The average Bonchev–Trinajstić information content (AvgIpc) is 3.16. The highest BCUT2D eigenvalue weighted by Gasteiger charge is 2.31. The van der Waals surface area contributed by atoms with Crippen molar-refractivity contribution in [3.05, 3.63) is 47.9 Å². The maximum absolute atomic E-state index is 12.1. The van der Waals surface area contributed by atoms with Gasteiger partial charge in [0.1, 0.15) is 5.76 Å². The molecule has 0 unspecified atom stereocenters. The van der Waals surface area contributed by atoms with Gasteiger partial charge in [-0.3, -0.25) is 4.79 Å². The molecule has 2 heterocycles. The van der Waals surface area contributed by atoms with E-state index in [9.17, 15) is 13.2 Å². The largest absolute Gasteiger partial charge is 0.467 e. The third-order valence-electron chi connectivity index (χ3n) is 4.20. The summed E-state index contributed by atoms with van der Waals surface area (Å²) < 4.78 is 29.8. The van der Waals surface area contributed by atoms with Crippen LogP contribution in [0.3, 0.4) is 0 Å². The van der Waals surface area contributed by atoms with Gasteiger partial charge in [-0.25, -0.2) is 8.42 Å². The van der Waals surface area contributed by atoms with Crippen molar-refractivity contribution in [2.75, 3.05) is 17.7 Å². The molecule has 1 aliphatic heterocycles. The van der Waals surface area contributed by atoms with Crippen molar-refractivity contribution in [2.24, 2.45) is 0 Å². The Bertz CT molecular complexity index is 824. The Kier molecular flexibility index (Phi) is 4.02. The molecule has 0 N–H and O–H groups in total. The summed E-state index contributed by atoms with van der Waals surface area (Å²) in [6.07, 6.45) is 4.65. The number of benzene rings is 1. The molecule has 1 aromatic carbocycles. The highest BCUT2D eigenvalue weighted by molar-refractivity contribution is 7.90. The molecule has 0 aliphatic carbocycles. The Morgan fingerprint density at radius 1 is 1.30 bits per heavy atom. The highest BCUT2D eigenvalue weighted by Crippen LogP contribution is 2.39. The Morgan fingerprint density at radius 2 is 2.09 bits per heavy atom. The number of rotatable bonds is 4. The van der Waals surface area contributed by atoms with Crippen LogP contribution in [0, 0.1) is 0 Å². The fourth-order valence-corrected chi connectivity index (χ4v) is 3.98. The fraction of sp³-hybridized carbons (Fsp3) is 0.353. The third kappa shape index (κ3) is 3.03. The lowest BCUT2D eigenvalue weighted by Crippen LogP contribution is -2.24. The summed E-state index contributed by atoms with van der Waals surface area (Å²) in [5, 5.41) is 0. The minimum Gasteiger partial charge on any atom is -0.467 e. The molecule has 122 valence electrons. The van der Waals surface area contributed by atoms with Gasteiger partial charge in [-0.1, -0.05) is 0 Å². The molecule has 1 aliphatic rings. The van der Waals surface area contributed by atoms with Crippen molar-refractivity contribution < 1.29 is 17.6 Å². The monoisotopic (exact) mass is 333 g/mol. The predicted octanol–water partition coefficient (Wildman–Crippen LogP) is 3.23. The predicted molar refractivity (Wildman–Crippen MR) is 87.6 cm³/mol. The second-order valence-electron chi connectivity index (χ2n) is 5.88. The smallest absolute Gasteiger partial charge is 0.177 e. The van der Waals surface area contributed by atoms with Gasteiger partial charge in [-0.2, -0.15) is 0 Å². The summed E-state index contributed by atoms with van der Waals surface area (Å²) >= 11 is 0. The third-order valence-corrected chi connectivity index (χ3v) is 5.34. The number of Topliss-reactive ketones (excluding diaryl/α,β-unsaturated/α-hetero) is 1. The zero-order chi connectivity index (χ0) is 16.6. The number of carbonyl (C=O) groups excluding carboxylic acids is 1. The minimum absolute atomic E-state index is 0.00675. The molecular formula is C17H19NO4S. The molecule has 0 amide bonds. The van der Waals surface area contributed by atoms with Gasteiger partial charge in [0.25, 0.3) is 0 Å². The van der Waals surface area contributed by atoms with Crippen LogP contribution in [0.4, 0.5) is 5.69 Å². The lowest BCUT2D eigenvalue weighted by atomic mass is 10.1. The number of hydrogen-bond donors (Lipinski definition) is 0. The van der Waals surface area contributed by atoms with Gasteiger partial charge in [0.2, 0.25) is 0 Å². The number of hydrogen-bond acceptors (Lipinski definition) is 5. The van der Waals surface area contributed by atoms with Crippen molar-refractivity contribution in [2.45, 2.75) is 30.7 Å². The number of nitrogens with zero attached hydrogens (tertiary/aromatic N) is 1. The standard InChI is InChI=1S/C17H19NO4S/c1-12(19)13-7-8-17(23(2,20)21)15(11-13)18-9-3-5-14(18)16-6-4-10-22-16/h4,6-8,10-11,14H,3,5,9H2,1-2H3/t14-/m1/s1. The molecule has 0 saturated carbocycles. The summed E-state index contributed by atoms with van der Waals surface area (Å²) in [7, 11) is -3.39. The van der Waals surface area contributed by atoms with Crippen molar-refractivity contribution in [1.82, 2.24) is 0 Å². The van der Waals surface area contributed by atoms with Crippen LogP contribution in [-0.4, -0.2) is 27.0 Å². The van der Waals surface area contributed by atoms with Gasteiger partial charge in [0, 0.05) is 18.4 Å². The Hall–Kier alpha value is -2.08. The van der Waals surface area contributed by atoms with Crippen molar-refractivity contribution in [3.63, 3.8) is 0 Å². The number of anilines is 1. The van der Waals surface area contributed by atoms with E-state index in [-0.39, 0.29) is 16.7 Å². The number of furan rings is 1. The Balaban J connectivity index is 2.13. The van der Waals surface area contributed by atoms with Gasteiger partial charge in [-0.15, -0.1) is 0 Å². The SMILES string of the molecule is CC(=O)c1ccc(S(C)(=O)=O)c(N2CCC[C@@H]2c2ccco2)c1. The molecule has 1 atom stereocenters. The second kappa shape index (κ2) is 5.85. The van der Waals surface area contributed by atoms with E-state index in [2.05, 4.69) is 0 Å². The molecule has 1 aromatic heterocycles. The van der Waals surface area contributed by atoms with Gasteiger partial charge < -0.3 is 9.32 Å². The number of sulfone groups is 1. The molecule has 0 spiro atoms. The van der Waals surface area contributed by atoms with Crippen LogP contribution in [0.2, 0.25) is 0 Å². The van der Waals surface area contributed by atoms with Crippen LogP contribution in [-0.2, 0) is 9.84 Å². The first kappa shape index (κ1) is 15.8. The minimum atomic E-state index is -3.39. The maximum Gasteiger partial charge on any atom is 0.177 e. The first-order valence-corrected chi connectivity index (χ1v) is 9.42. The first-order valence-electron chi connectivity index (χ1n) is 7.53. The van der Waals surface area contributed by atoms with E-state index < -0.39 is 9.84 Å². The van der Waals surface area contributed by atoms with Crippen LogP contribution in [0.5, 0.6) is 0 Å². The molecule has 23 heavy (non-hydrogen) atoms. The first-order chi connectivity index (χ1) is 10.9. The molecule has 2 aromatic rings. The van der Waals surface area contributed by atoms with E-state index >= 15 is 0 Å². The molecule has 5 nitrogen and oxygen atoms in total. The summed E-state index contributed by atoms with van der Waals surface area (Å²) in [6, 6.07) is 8.50. The summed E-state index contributed by atoms with van der Waals surface area (Å²) in [5.74, 6) is 0.732. The van der Waals surface area contributed by atoms with Crippen LogP contribution in [0.15, 0.2) is 45.9 Å². The average molecular weight is 333 g/mol. The molecule has 1 saturated heterocycles. The molecular weight excluding hydrogens is 314 g/mol. The zero-order valence-corrected chi connectivity index (χ0v) is 14.0. The zero-order valence-electron chi connectivity index (χ0n) is 13.2. The quantitative estimate of drug-likeness (QED) is 0.804. The van der Waals surface area contributed by atoms with Crippen LogP contribution >= 0.6 is 0 Å². The van der Waals surface area contributed by atoms with E-state index in [1.165, 1.54) is 19.2 Å². The van der Waals surface area contributed by atoms with Gasteiger partial charge >= 0.3 is 0 Å². The molecule has 0 radical (unpaired) electrons. The van der Waals surface area contributed by atoms with Gasteiger partial charge in [0.15, 0.2) is 15.6 Å². The van der Waals surface area contributed by atoms with Crippen molar-refractivity contribution >= 4 is 21.3 Å². The van der Waals surface area contributed by atoms with E-state index in [0.717, 1.165) is 25.1 Å². The van der Waals surface area contributed by atoms with E-state index in [0.29, 0.717) is 11.3 Å². The number of carbonyl (C=O) groups is 1. The van der Waals surface area contributed by atoms with Crippen LogP contribution in [0.25, 0.3) is 0 Å². The lowest BCUT2D eigenvalue weighted by molar-refractivity contribution is 0.101. The van der Waals surface area contributed by atoms with Gasteiger partial charge in [-0.05, 0) is 50.1 Å². The van der Waals surface area contributed by atoms with E-state index in [4.69, 9.17) is 4.42 Å². The Morgan fingerprint density at radius 3 is 2.70 bits per heavy atom. The lowest BCUT2D eigenvalue weighted by Gasteiger charge is -2.27. The normalized spacial score (nSPS) is 18.3. The topological polar surface area (TPSA) is 67.6 Å². The molecule has 0 bridgehead atoms. The molecule has 6 heteroatoms. The molecule has 1 fully saturated rings. The molecule has 3 rings (SSSR count).